The van der Waals surface area contributed by atoms with Crippen LogP contribution in [0.2, 0.25) is 0 Å². The topological polar surface area (TPSA) is 76.4 Å². The van der Waals surface area contributed by atoms with Gasteiger partial charge in [-0.25, -0.2) is 9.67 Å². The number of rotatable bonds is 7. The van der Waals surface area contributed by atoms with E-state index in [2.05, 4.69) is 50.8 Å². The van der Waals surface area contributed by atoms with Crippen LogP contribution in [0.25, 0.3) is 5.82 Å². The van der Waals surface area contributed by atoms with Crippen molar-refractivity contribution in [1.82, 2.24) is 25.4 Å². The molecule has 166 valence electrons. The van der Waals surface area contributed by atoms with Crippen molar-refractivity contribution in [2.24, 2.45) is 4.99 Å². The Morgan fingerprint density at radius 2 is 1.90 bits per heavy atom. The van der Waals surface area contributed by atoms with E-state index >= 15 is 0 Å². The first-order chi connectivity index (χ1) is 14.5. The Morgan fingerprint density at radius 3 is 2.52 bits per heavy atom. The van der Waals surface area contributed by atoms with Gasteiger partial charge in [0.25, 0.3) is 0 Å². The third-order valence-electron chi connectivity index (χ3n) is 4.84. The molecule has 0 saturated carbocycles. The second-order valence-corrected chi connectivity index (χ2v) is 7.28. The largest absolute Gasteiger partial charge is 0.496 e. The number of aliphatic imine (C=N–C) groups is 1. The first-order valence-corrected chi connectivity index (χ1v) is 10.1. The maximum atomic E-state index is 5.45. The van der Waals surface area contributed by atoms with Crippen LogP contribution in [-0.4, -0.2) is 41.4 Å². The van der Waals surface area contributed by atoms with Crippen LogP contribution in [0.4, 0.5) is 0 Å². The van der Waals surface area contributed by atoms with Crippen molar-refractivity contribution in [2.75, 3.05) is 20.7 Å². The summed E-state index contributed by atoms with van der Waals surface area (Å²) < 4.78 is 7.31. The highest BCUT2D eigenvalue weighted by Crippen LogP contribution is 2.19. The number of guanidine groups is 1. The summed E-state index contributed by atoms with van der Waals surface area (Å²) in [5, 5.41) is 11.2. The highest BCUT2D eigenvalue weighted by molar-refractivity contribution is 14.0. The van der Waals surface area contributed by atoms with Crippen LogP contribution in [0, 0.1) is 20.8 Å². The van der Waals surface area contributed by atoms with Gasteiger partial charge in [-0.3, -0.25) is 4.99 Å². The summed E-state index contributed by atoms with van der Waals surface area (Å²) in [6.07, 6.45) is 2.72. The molecule has 0 bridgehead atoms. The van der Waals surface area contributed by atoms with Crippen LogP contribution < -0.4 is 15.4 Å². The van der Waals surface area contributed by atoms with Gasteiger partial charge in [0.2, 0.25) is 0 Å². The number of hydrogen-bond acceptors (Lipinski definition) is 4. The minimum absolute atomic E-state index is 0. The minimum atomic E-state index is 0. The molecule has 3 aromatic rings. The fourth-order valence-electron chi connectivity index (χ4n) is 3.33. The molecule has 0 amide bonds. The number of aromatic nitrogens is 3. The van der Waals surface area contributed by atoms with Gasteiger partial charge in [0.05, 0.1) is 12.8 Å². The Kier molecular flexibility index (Phi) is 9.29. The SMILES string of the molecule is CN=C(NCCc1cc(C)ccc1OC)NCc1ccc(-n2nc(C)cc2C)nc1.I. The number of pyridine rings is 1. The maximum Gasteiger partial charge on any atom is 0.191 e. The van der Waals surface area contributed by atoms with Crippen molar-refractivity contribution in [1.29, 1.82) is 0 Å². The number of benzene rings is 1. The smallest absolute Gasteiger partial charge is 0.191 e. The van der Waals surface area contributed by atoms with Gasteiger partial charge in [0.15, 0.2) is 11.8 Å². The van der Waals surface area contributed by atoms with E-state index in [0.29, 0.717) is 6.54 Å². The van der Waals surface area contributed by atoms with Crippen molar-refractivity contribution >= 4 is 29.9 Å². The zero-order valence-electron chi connectivity index (χ0n) is 18.8. The van der Waals surface area contributed by atoms with Crippen molar-refractivity contribution < 1.29 is 4.74 Å². The molecule has 0 saturated heterocycles. The fraction of sp³-hybridized carbons (Fsp3) is 0.348. The van der Waals surface area contributed by atoms with Crippen molar-refractivity contribution in [3.05, 3.63) is 70.7 Å². The molecule has 2 aromatic heterocycles. The summed E-state index contributed by atoms with van der Waals surface area (Å²) in [6.45, 7) is 7.49. The molecule has 0 aliphatic heterocycles. The van der Waals surface area contributed by atoms with E-state index in [1.165, 1.54) is 11.1 Å². The van der Waals surface area contributed by atoms with E-state index in [-0.39, 0.29) is 24.0 Å². The van der Waals surface area contributed by atoms with E-state index in [4.69, 9.17) is 4.74 Å². The van der Waals surface area contributed by atoms with Gasteiger partial charge in [0.1, 0.15) is 5.75 Å². The molecule has 0 atom stereocenters. The molecule has 3 rings (SSSR count). The lowest BCUT2D eigenvalue weighted by Gasteiger charge is -2.14. The Bertz CT molecular complexity index is 1010. The van der Waals surface area contributed by atoms with Crippen LogP contribution in [0.3, 0.4) is 0 Å². The van der Waals surface area contributed by atoms with Gasteiger partial charge >= 0.3 is 0 Å². The first-order valence-electron chi connectivity index (χ1n) is 10.1. The monoisotopic (exact) mass is 534 g/mol. The molecule has 0 spiro atoms. The summed E-state index contributed by atoms with van der Waals surface area (Å²) in [6, 6.07) is 12.3. The number of methoxy groups -OCH3 is 1. The Hall–Kier alpha value is -2.62. The molecule has 2 heterocycles. The molecule has 0 fully saturated rings. The maximum absolute atomic E-state index is 5.45. The van der Waals surface area contributed by atoms with Gasteiger partial charge in [-0.15, -0.1) is 24.0 Å². The van der Waals surface area contributed by atoms with E-state index in [0.717, 1.165) is 47.4 Å². The summed E-state index contributed by atoms with van der Waals surface area (Å²) in [5.74, 6) is 2.49. The molecule has 1 aromatic carbocycles. The highest BCUT2D eigenvalue weighted by atomic mass is 127. The normalized spacial score (nSPS) is 11.1. The van der Waals surface area contributed by atoms with Crippen LogP contribution in [0.5, 0.6) is 5.75 Å². The van der Waals surface area contributed by atoms with Gasteiger partial charge < -0.3 is 15.4 Å². The summed E-state index contributed by atoms with van der Waals surface area (Å²) in [7, 11) is 3.48. The van der Waals surface area contributed by atoms with E-state index in [9.17, 15) is 0 Å². The first kappa shape index (κ1) is 24.6. The molecule has 31 heavy (non-hydrogen) atoms. The highest BCUT2D eigenvalue weighted by Gasteiger charge is 2.06. The van der Waals surface area contributed by atoms with Crippen LogP contribution >= 0.6 is 24.0 Å². The van der Waals surface area contributed by atoms with Crippen LogP contribution in [-0.2, 0) is 13.0 Å². The lowest BCUT2D eigenvalue weighted by Crippen LogP contribution is -2.37. The Balaban J connectivity index is 0.00000341. The predicted molar refractivity (Wildman–Crippen MR) is 136 cm³/mol. The standard InChI is InChI=1S/C23H30N6O.HI/c1-16-6-8-21(30-5)20(12-16)10-11-25-23(24-4)27-15-19-7-9-22(26-14-19)29-18(3)13-17(2)28-29;/h6-9,12-14H,10-11,15H2,1-5H3,(H2,24,25,27);1H. The van der Waals surface area contributed by atoms with Gasteiger partial charge in [-0.2, -0.15) is 5.10 Å². The van der Waals surface area contributed by atoms with Crippen molar-refractivity contribution in [3.8, 4) is 11.6 Å². The number of aryl methyl sites for hydroxylation is 3. The van der Waals surface area contributed by atoms with Crippen molar-refractivity contribution in [2.45, 2.75) is 33.7 Å². The molecule has 0 radical (unpaired) electrons. The number of nitrogens with zero attached hydrogens (tertiary/aromatic N) is 4. The third-order valence-corrected chi connectivity index (χ3v) is 4.84. The van der Waals surface area contributed by atoms with E-state index in [1.54, 1.807) is 14.2 Å². The van der Waals surface area contributed by atoms with Gasteiger partial charge in [-0.1, -0.05) is 23.8 Å². The second-order valence-electron chi connectivity index (χ2n) is 7.28. The van der Waals surface area contributed by atoms with E-state index in [1.807, 2.05) is 42.9 Å². The van der Waals surface area contributed by atoms with Crippen molar-refractivity contribution in [3.63, 3.8) is 0 Å². The number of hydrogen-bond donors (Lipinski definition) is 2. The quantitative estimate of drug-likeness (QED) is 0.275. The summed E-state index contributed by atoms with van der Waals surface area (Å²) >= 11 is 0. The zero-order valence-corrected chi connectivity index (χ0v) is 21.1. The molecule has 8 heteroatoms. The molecule has 2 N–H and O–H groups in total. The summed E-state index contributed by atoms with van der Waals surface area (Å²) in [4.78, 5) is 8.84. The molecular formula is C23H31IN6O. The lowest BCUT2D eigenvalue weighted by atomic mass is 10.1. The Morgan fingerprint density at radius 1 is 1.10 bits per heavy atom. The predicted octanol–water partition coefficient (Wildman–Crippen LogP) is 3.73. The van der Waals surface area contributed by atoms with Gasteiger partial charge in [0, 0.05) is 32.0 Å². The molecule has 0 unspecified atom stereocenters. The molecule has 7 nitrogen and oxygen atoms in total. The number of ether oxygens (including phenoxy) is 1. The van der Waals surface area contributed by atoms with Crippen LogP contribution in [0.15, 0.2) is 47.6 Å². The second kappa shape index (κ2) is 11.7. The average molecular weight is 534 g/mol. The molecular weight excluding hydrogens is 503 g/mol. The lowest BCUT2D eigenvalue weighted by molar-refractivity contribution is 0.409. The Labute approximate surface area is 201 Å². The molecule has 0 aliphatic rings. The summed E-state index contributed by atoms with van der Waals surface area (Å²) in [5.41, 5.74) is 5.54. The molecule has 0 aliphatic carbocycles. The average Bonchev–Trinajstić information content (AvgIpc) is 3.09. The minimum Gasteiger partial charge on any atom is -0.496 e. The third kappa shape index (κ3) is 6.68. The van der Waals surface area contributed by atoms with Gasteiger partial charge in [-0.05, 0) is 56.5 Å². The zero-order chi connectivity index (χ0) is 21.5. The van der Waals surface area contributed by atoms with Crippen LogP contribution in [0.1, 0.15) is 28.1 Å². The van der Waals surface area contributed by atoms with E-state index < -0.39 is 0 Å². The number of halogens is 1. The fourth-order valence-corrected chi connectivity index (χ4v) is 3.33. The number of nitrogens with one attached hydrogen (secondary N) is 2.